The quantitative estimate of drug-likeness (QED) is 0.837. The molecule has 2 aliphatic heterocycles. The molecule has 120 valence electrons. The second-order valence-corrected chi connectivity index (χ2v) is 6.30. The first-order valence-corrected chi connectivity index (χ1v) is 7.87. The summed E-state index contributed by atoms with van der Waals surface area (Å²) < 4.78 is 11.6. The van der Waals surface area contributed by atoms with Crippen LogP contribution in [0.1, 0.15) is 11.7 Å². The average molecular weight is 304 g/mol. The van der Waals surface area contributed by atoms with Crippen LogP contribution in [0.25, 0.3) is 0 Å². The third-order valence-corrected chi connectivity index (χ3v) is 4.37. The van der Waals surface area contributed by atoms with Gasteiger partial charge in [-0.3, -0.25) is 4.79 Å². The number of hydrogen-bond donors (Lipinski definition) is 0. The first-order valence-electron chi connectivity index (χ1n) is 7.87. The van der Waals surface area contributed by atoms with Crippen LogP contribution in [0.2, 0.25) is 0 Å². The molecule has 2 atom stereocenters. The summed E-state index contributed by atoms with van der Waals surface area (Å²) in [5, 5.41) is 0. The first kappa shape index (κ1) is 15.5. The van der Waals surface area contributed by atoms with E-state index in [4.69, 9.17) is 9.47 Å². The van der Waals surface area contributed by atoms with Crippen LogP contribution in [-0.2, 0) is 14.3 Å². The lowest BCUT2D eigenvalue weighted by Crippen LogP contribution is -2.52. The first-order chi connectivity index (χ1) is 10.6. The number of likely N-dealkylation sites (tertiary alicyclic amines) is 1. The lowest BCUT2D eigenvalue weighted by Gasteiger charge is -2.40. The maximum absolute atomic E-state index is 12.7. The second kappa shape index (κ2) is 6.77. The Hall–Kier alpha value is -1.43. The summed E-state index contributed by atoms with van der Waals surface area (Å²) in [4.78, 5) is 16.8. The molecule has 0 unspecified atom stereocenters. The molecular formula is C17H24N2O3. The van der Waals surface area contributed by atoms with Crippen LogP contribution in [0.4, 0.5) is 0 Å². The van der Waals surface area contributed by atoms with Gasteiger partial charge in [-0.05, 0) is 12.6 Å². The van der Waals surface area contributed by atoms with Crippen molar-refractivity contribution in [3.05, 3.63) is 35.9 Å². The molecule has 2 heterocycles. The summed E-state index contributed by atoms with van der Waals surface area (Å²) in [6, 6.07) is 9.86. The molecule has 0 aliphatic carbocycles. The number of carbonyl (C=O) groups excluding carboxylic acids is 1. The lowest BCUT2D eigenvalue weighted by molar-refractivity contribution is -0.175. The Bertz CT molecular complexity index is 502. The van der Waals surface area contributed by atoms with E-state index >= 15 is 0 Å². The van der Waals surface area contributed by atoms with Crippen molar-refractivity contribution < 1.29 is 14.3 Å². The minimum absolute atomic E-state index is 0.0168. The molecule has 2 fully saturated rings. The molecule has 0 saturated carbocycles. The molecule has 22 heavy (non-hydrogen) atoms. The van der Waals surface area contributed by atoms with E-state index in [1.165, 1.54) is 0 Å². The van der Waals surface area contributed by atoms with Gasteiger partial charge in [0.15, 0.2) is 6.10 Å². The predicted molar refractivity (Wildman–Crippen MR) is 83.5 cm³/mol. The number of hydrogen-bond acceptors (Lipinski definition) is 4. The highest BCUT2D eigenvalue weighted by atomic mass is 16.6. The van der Waals surface area contributed by atoms with E-state index in [2.05, 4.69) is 11.9 Å². The van der Waals surface area contributed by atoms with Crippen LogP contribution in [-0.4, -0.2) is 68.8 Å². The van der Waals surface area contributed by atoms with Crippen molar-refractivity contribution in [1.82, 2.24) is 9.80 Å². The zero-order valence-corrected chi connectivity index (χ0v) is 13.3. The Kier molecular flexibility index (Phi) is 4.76. The Morgan fingerprint density at radius 3 is 2.59 bits per heavy atom. The minimum atomic E-state index is -0.543. The summed E-state index contributed by atoms with van der Waals surface area (Å²) >= 11 is 0. The monoisotopic (exact) mass is 304 g/mol. The number of ether oxygens (including phenoxy) is 2. The molecule has 2 aliphatic rings. The fraction of sp³-hybridized carbons (Fsp3) is 0.588. The average Bonchev–Trinajstić information content (AvgIpc) is 2.53. The fourth-order valence-electron chi connectivity index (χ4n) is 3.28. The van der Waals surface area contributed by atoms with Crippen molar-refractivity contribution >= 4 is 5.91 Å². The van der Waals surface area contributed by atoms with E-state index in [1.54, 1.807) is 4.90 Å². The van der Waals surface area contributed by atoms with E-state index < -0.39 is 6.10 Å². The van der Waals surface area contributed by atoms with Gasteiger partial charge in [-0.2, -0.15) is 0 Å². The third kappa shape index (κ3) is 3.32. The largest absolute Gasteiger partial charge is 0.368 e. The SMILES string of the molecule is CN1CC(CN(C)C(=O)[C@@H]2OCCO[C@@H]2c2ccccc2)C1. The standard InChI is InChI=1S/C17H24N2O3/c1-18-10-13(11-18)12-19(2)17(20)16-15(21-8-9-22-16)14-6-4-3-5-7-14/h3-7,13,15-16H,8-12H2,1-2H3/t15-,16-/m1/s1. The fourth-order valence-corrected chi connectivity index (χ4v) is 3.28. The highest BCUT2D eigenvalue weighted by Gasteiger charge is 2.37. The molecule has 5 nitrogen and oxygen atoms in total. The van der Waals surface area contributed by atoms with Gasteiger partial charge in [0.2, 0.25) is 0 Å². The second-order valence-electron chi connectivity index (χ2n) is 6.30. The van der Waals surface area contributed by atoms with Crippen molar-refractivity contribution in [2.75, 3.05) is 46.9 Å². The Balaban J connectivity index is 1.66. The van der Waals surface area contributed by atoms with Crippen LogP contribution in [0.3, 0.4) is 0 Å². The van der Waals surface area contributed by atoms with Gasteiger partial charge in [-0.25, -0.2) is 0 Å². The Morgan fingerprint density at radius 1 is 1.23 bits per heavy atom. The number of benzene rings is 1. The van der Waals surface area contributed by atoms with Crippen LogP contribution in [0.15, 0.2) is 30.3 Å². The van der Waals surface area contributed by atoms with Gasteiger partial charge in [-0.15, -0.1) is 0 Å². The van der Waals surface area contributed by atoms with Gasteiger partial charge in [0.1, 0.15) is 6.10 Å². The van der Waals surface area contributed by atoms with Gasteiger partial charge in [-0.1, -0.05) is 30.3 Å². The van der Waals surface area contributed by atoms with Crippen LogP contribution < -0.4 is 0 Å². The number of carbonyl (C=O) groups is 1. The number of rotatable bonds is 4. The van der Waals surface area contributed by atoms with Gasteiger partial charge >= 0.3 is 0 Å². The molecule has 0 N–H and O–H groups in total. The van der Waals surface area contributed by atoms with E-state index in [1.807, 2.05) is 37.4 Å². The lowest BCUT2D eigenvalue weighted by atomic mass is 9.99. The normalized spacial score (nSPS) is 26.5. The molecule has 5 heteroatoms. The van der Waals surface area contributed by atoms with Gasteiger partial charge in [0, 0.05) is 32.6 Å². The molecule has 0 spiro atoms. The maximum Gasteiger partial charge on any atom is 0.254 e. The minimum Gasteiger partial charge on any atom is -0.368 e. The van der Waals surface area contributed by atoms with Crippen LogP contribution in [0.5, 0.6) is 0 Å². The molecule has 1 aromatic rings. The number of amides is 1. The summed E-state index contributed by atoms with van der Waals surface area (Å²) in [7, 11) is 3.96. The van der Waals surface area contributed by atoms with Crippen molar-refractivity contribution in [2.24, 2.45) is 5.92 Å². The van der Waals surface area contributed by atoms with E-state index in [-0.39, 0.29) is 12.0 Å². The zero-order valence-electron chi connectivity index (χ0n) is 13.3. The van der Waals surface area contributed by atoms with E-state index in [0.717, 1.165) is 25.2 Å². The highest BCUT2D eigenvalue weighted by Crippen LogP contribution is 2.28. The van der Waals surface area contributed by atoms with E-state index in [9.17, 15) is 4.79 Å². The molecule has 3 rings (SSSR count). The molecule has 2 saturated heterocycles. The number of nitrogens with zero attached hydrogens (tertiary/aromatic N) is 2. The molecular weight excluding hydrogens is 280 g/mol. The van der Waals surface area contributed by atoms with Crippen LogP contribution >= 0.6 is 0 Å². The molecule has 0 bridgehead atoms. The van der Waals surface area contributed by atoms with Crippen molar-refractivity contribution in [3.63, 3.8) is 0 Å². The Labute approximate surface area is 131 Å². The molecule has 0 radical (unpaired) electrons. The van der Waals surface area contributed by atoms with Gasteiger partial charge in [0.25, 0.3) is 5.91 Å². The summed E-state index contributed by atoms with van der Waals surface area (Å²) in [5.74, 6) is 0.585. The maximum atomic E-state index is 12.7. The molecule has 1 aromatic carbocycles. The predicted octanol–water partition coefficient (Wildman–Crippen LogP) is 1.16. The van der Waals surface area contributed by atoms with E-state index in [0.29, 0.717) is 19.1 Å². The highest BCUT2D eigenvalue weighted by molar-refractivity contribution is 5.81. The molecule has 1 amide bonds. The molecule has 0 aromatic heterocycles. The zero-order chi connectivity index (χ0) is 15.5. The van der Waals surface area contributed by atoms with Crippen molar-refractivity contribution in [1.29, 1.82) is 0 Å². The third-order valence-electron chi connectivity index (χ3n) is 4.37. The topological polar surface area (TPSA) is 42.0 Å². The summed E-state index contributed by atoms with van der Waals surface area (Å²) in [5.41, 5.74) is 0.998. The van der Waals surface area contributed by atoms with Gasteiger partial charge in [0.05, 0.1) is 13.2 Å². The smallest absolute Gasteiger partial charge is 0.254 e. The van der Waals surface area contributed by atoms with Crippen molar-refractivity contribution in [2.45, 2.75) is 12.2 Å². The Morgan fingerprint density at radius 2 is 1.91 bits per heavy atom. The van der Waals surface area contributed by atoms with Gasteiger partial charge < -0.3 is 19.3 Å². The summed E-state index contributed by atoms with van der Waals surface area (Å²) in [6.45, 7) is 3.90. The van der Waals surface area contributed by atoms with Crippen LogP contribution in [0, 0.1) is 5.92 Å². The summed E-state index contributed by atoms with van der Waals surface area (Å²) in [6.07, 6.45) is -0.854. The van der Waals surface area contributed by atoms with Crippen molar-refractivity contribution in [3.8, 4) is 0 Å². The number of likely N-dealkylation sites (N-methyl/N-ethyl adjacent to an activating group) is 1.